The summed E-state index contributed by atoms with van der Waals surface area (Å²) in [6, 6.07) is -0.660. The first-order chi connectivity index (χ1) is 27.7. The summed E-state index contributed by atoms with van der Waals surface area (Å²) in [6.07, 6.45) is 69.5. The van der Waals surface area contributed by atoms with Crippen LogP contribution in [0.1, 0.15) is 206 Å². The molecular weight excluding hydrogens is 687 g/mol. The lowest BCUT2D eigenvalue weighted by atomic mass is 10.0. The fourth-order valence-corrected chi connectivity index (χ4v) is 6.52. The van der Waals surface area contributed by atoms with Gasteiger partial charge in [0.1, 0.15) is 0 Å². The molecule has 0 aromatic carbocycles. The molecule has 0 aromatic heterocycles. The molecule has 0 bridgehead atoms. The molecule has 3 N–H and O–H groups in total. The van der Waals surface area contributed by atoms with E-state index in [1.54, 1.807) is 6.08 Å². The lowest BCUT2D eigenvalue weighted by molar-refractivity contribution is -0.122. The Hall–Kier alpha value is -2.69. The summed E-state index contributed by atoms with van der Waals surface area (Å²) in [4.78, 5) is 12.4. The maximum Gasteiger partial charge on any atom is 0.220 e. The van der Waals surface area contributed by atoms with Gasteiger partial charge in [-0.1, -0.05) is 227 Å². The molecule has 2 unspecified atom stereocenters. The third-order valence-corrected chi connectivity index (χ3v) is 10.1. The van der Waals surface area contributed by atoms with Gasteiger partial charge in [-0.05, 0) is 70.6 Å². The molecule has 0 saturated carbocycles. The van der Waals surface area contributed by atoms with E-state index in [0.29, 0.717) is 6.42 Å². The first-order valence-corrected chi connectivity index (χ1v) is 23.5. The second-order valence-electron chi connectivity index (χ2n) is 15.4. The minimum absolute atomic E-state index is 0.124. The number of carbonyl (C=O) groups is 1. The SMILES string of the molecule is CC/C=C\C/C=C\C/C=C\C/C=C\C/C=C\C/C=C\C/C=C\CCCC(=O)NC(CO)C(O)/C=C/CCCCCCCCCCCCCCCCCCCCC. The summed E-state index contributed by atoms with van der Waals surface area (Å²) in [5.74, 6) is -0.124. The van der Waals surface area contributed by atoms with Crippen LogP contribution >= 0.6 is 0 Å². The molecule has 4 nitrogen and oxygen atoms in total. The van der Waals surface area contributed by atoms with Crippen molar-refractivity contribution in [3.8, 4) is 0 Å². The molecule has 0 aliphatic heterocycles. The third kappa shape index (κ3) is 42.5. The second kappa shape index (κ2) is 46.7. The zero-order valence-corrected chi connectivity index (χ0v) is 36.6. The summed E-state index contributed by atoms with van der Waals surface area (Å²) >= 11 is 0. The lowest BCUT2D eigenvalue weighted by Crippen LogP contribution is -2.45. The molecular formula is C52H89NO3. The van der Waals surface area contributed by atoms with Gasteiger partial charge in [0.05, 0.1) is 18.8 Å². The Labute approximate surface area is 347 Å². The van der Waals surface area contributed by atoms with E-state index >= 15 is 0 Å². The Morgan fingerprint density at radius 2 is 0.786 bits per heavy atom. The highest BCUT2D eigenvalue weighted by molar-refractivity contribution is 5.76. The van der Waals surface area contributed by atoms with Crippen molar-refractivity contribution in [3.63, 3.8) is 0 Å². The second-order valence-corrected chi connectivity index (χ2v) is 15.4. The quantitative estimate of drug-likeness (QED) is 0.0428. The van der Waals surface area contributed by atoms with E-state index in [1.807, 2.05) is 6.08 Å². The number of hydrogen-bond donors (Lipinski definition) is 3. The Morgan fingerprint density at radius 3 is 1.16 bits per heavy atom. The molecule has 0 aliphatic rings. The smallest absolute Gasteiger partial charge is 0.220 e. The van der Waals surface area contributed by atoms with Crippen LogP contribution < -0.4 is 5.32 Å². The van der Waals surface area contributed by atoms with Gasteiger partial charge in [0.2, 0.25) is 5.91 Å². The average Bonchev–Trinajstić information content (AvgIpc) is 3.20. The zero-order valence-electron chi connectivity index (χ0n) is 36.6. The van der Waals surface area contributed by atoms with E-state index in [2.05, 4.69) is 104 Å². The highest BCUT2D eigenvalue weighted by atomic mass is 16.3. The molecule has 0 aliphatic carbocycles. The molecule has 1 amide bonds. The molecule has 0 aromatic rings. The van der Waals surface area contributed by atoms with E-state index < -0.39 is 12.1 Å². The Kier molecular flexibility index (Phi) is 44.4. The predicted octanol–water partition coefficient (Wildman–Crippen LogP) is 15.0. The third-order valence-electron chi connectivity index (χ3n) is 10.1. The van der Waals surface area contributed by atoms with E-state index in [1.165, 1.54) is 116 Å². The van der Waals surface area contributed by atoms with Gasteiger partial charge in [-0.15, -0.1) is 0 Å². The van der Waals surface area contributed by atoms with Crippen LogP contribution in [0.5, 0.6) is 0 Å². The first kappa shape index (κ1) is 53.3. The van der Waals surface area contributed by atoms with Crippen molar-refractivity contribution in [1.29, 1.82) is 0 Å². The van der Waals surface area contributed by atoms with Gasteiger partial charge in [-0.2, -0.15) is 0 Å². The van der Waals surface area contributed by atoms with Crippen molar-refractivity contribution in [3.05, 3.63) is 97.2 Å². The predicted molar refractivity (Wildman–Crippen MR) is 248 cm³/mol. The monoisotopic (exact) mass is 776 g/mol. The topological polar surface area (TPSA) is 69.6 Å². The number of aliphatic hydroxyl groups is 2. The van der Waals surface area contributed by atoms with Crippen LogP contribution in [0.3, 0.4) is 0 Å². The fraction of sp³-hybridized carbons (Fsp3) is 0.673. The van der Waals surface area contributed by atoms with Gasteiger partial charge < -0.3 is 15.5 Å². The van der Waals surface area contributed by atoms with Crippen LogP contribution in [0, 0.1) is 0 Å². The molecule has 0 saturated heterocycles. The van der Waals surface area contributed by atoms with Gasteiger partial charge in [-0.25, -0.2) is 0 Å². The molecule has 0 radical (unpaired) electrons. The van der Waals surface area contributed by atoms with Gasteiger partial charge in [0, 0.05) is 6.42 Å². The molecule has 2 atom stereocenters. The molecule has 0 heterocycles. The number of hydrogen-bond acceptors (Lipinski definition) is 3. The number of carbonyl (C=O) groups excluding carboxylic acids is 1. The van der Waals surface area contributed by atoms with Crippen LogP contribution in [0.2, 0.25) is 0 Å². The van der Waals surface area contributed by atoms with Crippen molar-refractivity contribution in [1.82, 2.24) is 5.32 Å². The van der Waals surface area contributed by atoms with Crippen LogP contribution in [0.4, 0.5) is 0 Å². The Balaban J connectivity index is 3.71. The van der Waals surface area contributed by atoms with Crippen molar-refractivity contribution in [2.45, 2.75) is 219 Å². The Morgan fingerprint density at radius 1 is 0.446 bits per heavy atom. The van der Waals surface area contributed by atoms with E-state index in [0.717, 1.165) is 70.6 Å². The highest BCUT2D eigenvalue weighted by Crippen LogP contribution is 2.15. The summed E-state index contributed by atoms with van der Waals surface area (Å²) < 4.78 is 0. The minimum Gasteiger partial charge on any atom is -0.394 e. The van der Waals surface area contributed by atoms with Gasteiger partial charge in [-0.3, -0.25) is 4.79 Å². The lowest BCUT2D eigenvalue weighted by Gasteiger charge is -2.19. The largest absolute Gasteiger partial charge is 0.394 e. The van der Waals surface area contributed by atoms with Crippen LogP contribution in [0.15, 0.2) is 97.2 Å². The fourth-order valence-electron chi connectivity index (χ4n) is 6.52. The normalized spacial score (nSPS) is 13.9. The number of allylic oxidation sites excluding steroid dienone is 15. The summed E-state index contributed by atoms with van der Waals surface area (Å²) in [6.45, 7) is 4.17. The highest BCUT2D eigenvalue weighted by Gasteiger charge is 2.17. The van der Waals surface area contributed by atoms with Crippen molar-refractivity contribution < 1.29 is 15.0 Å². The van der Waals surface area contributed by atoms with Crippen molar-refractivity contribution in [2.24, 2.45) is 0 Å². The molecule has 0 fully saturated rings. The van der Waals surface area contributed by atoms with Gasteiger partial charge in [0.15, 0.2) is 0 Å². The number of amides is 1. The number of unbranched alkanes of at least 4 members (excludes halogenated alkanes) is 20. The first-order valence-electron chi connectivity index (χ1n) is 23.5. The number of nitrogens with one attached hydrogen (secondary N) is 1. The standard InChI is InChI=1S/C52H89NO3/c1-3-5-7-9-11-13-15-17-19-21-23-25-26-28-30-32-34-36-38-40-42-44-46-48-52(56)53-50(49-54)51(55)47-45-43-41-39-37-35-33-31-29-27-24-22-20-18-16-14-12-10-8-6-4-2/h5,7,11,13,17,19,23,25,28,30,34,36,40,42,45,47,50-51,54-55H,3-4,6,8-10,12,14-16,18,20-22,24,26-27,29,31-33,35,37-39,41,43-44,46,48-49H2,1-2H3,(H,53,56)/b7-5-,13-11-,19-17-,25-23-,30-28-,36-34-,42-40-,47-45+. The summed E-state index contributed by atoms with van der Waals surface area (Å²) in [5, 5.41) is 23.0. The number of aliphatic hydroxyl groups excluding tert-OH is 2. The molecule has 4 heteroatoms. The van der Waals surface area contributed by atoms with Crippen molar-refractivity contribution in [2.75, 3.05) is 6.61 Å². The van der Waals surface area contributed by atoms with E-state index in [4.69, 9.17) is 0 Å². The van der Waals surface area contributed by atoms with E-state index in [-0.39, 0.29) is 12.5 Å². The minimum atomic E-state index is -0.870. The van der Waals surface area contributed by atoms with Gasteiger partial charge in [0.25, 0.3) is 0 Å². The molecule has 0 spiro atoms. The van der Waals surface area contributed by atoms with Crippen LogP contribution in [-0.2, 0) is 4.79 Å². The van der Waals surface area contributed by atoms with Crippen molar-refractivity contribution >= 4 is 5.91 Å². The van der Waals surface area contributed by atoms with Crippen LogP contribution in [0.25, 0.3) is 0 Å². The van der Waals surface area contributed by atoms with Gasteiger partial charge >= 0.3 is 0 Å². The molecule has 56 heavy (non-hydrogen) atoms. The number of rotatable bonds is 41. The average molecular weight is 776 g/mol. The van der Waals surface area contributed by atoms with Crippen LogP contribution in [-0.4, -0.2) is 34.9 Å². The maximum atomic E-state index is 12.4. The van der Waals surface area contributed by atoms with E-state index in [9.17, 15) is 15.0 Å². The molecule has 0 rings (SSSR count). The molecule has 320 valence electrons. The summed E-state index contributed by atoms with van der Waals surface area (Å²) in [7, 11) is 0. The summed E-state index contributed by atoms with van der Waals surface area (Å²) in [5.41, 5.74) is 0. The zero-order chi connectivity index (χ0) is 40.7. The Bertz CT molecular complexity index is 1060. The maximum absolute atomic E-state index is 12.4.